The number of carboxylic acid groups (broad SMARTS) is 1. The van der Waals surface area contributed by atoms with E-state index in [9.17, 15) is 14.7 Å². The number of carboxylic acids is 1. The predicted octanol–water partition coefficient (Wildman–Crippen LogP) is 2.78. The van der Waals surface area contributed by atoms with Crippen molar-refractivity contribution < 1.29 is 14.7 Å². The highest BCUT2D eigenvalue weighted by Gasteiger charge is 2.68. The van der Waals surface area contributed by atoms with Crippen LogP contribution < -0.4 is 5.32 Å². The Labute approximate surface area is 188 Å². The van der Waals surface area contributed by atoms with Crippen molar-refractivity contribution >= 4 is 18.1 Å². The van der Waals surface area contributed by atoms with Gasteiger partial charge in [-0.1, -0.05) is 60.7 Å². The van der Waals surface area contributed by atoms with Gasteiger partial charge in [0.05, 0.1) is 0 Å². The lowest BCUT2D eigenvalue weighted by Gasteiger charge is -2.51. The molecule has 32 heavy (non-hydrogen) atoms. The number of amides is 1. The van der Waals surface area contributed by atoms with E-state index in [-0.39, 0.29) is 29.7 Å². The molecule has 3 aliphatic heterocycles. The zero-order valence-electron chi connectivity index (χ0n) is 18.2. The second-order valence-corrected chi connectivity index (χ2v) is 9.38. The Morgan fingerprint density at radius 2 is 1.78 bits per heavy atom. The molecule has 2 fully saturated rings. The largest absolute Gasteiger partial charge is 0.480 e. The maximum Gasteiger partial charge on any atom is 0.320 e. The number of aliphatic imine (C=N–C) groups is 1. The summed E-state index contributed by atoms with van der Waals surface area (Å²) in [7, 11) is 0. The number of nitrogens with zero attached hydrogens (tertiary/aromatic N) is 2. The molecule has 6 rings (SSSR count). The van der Waals surface area contributed by atoms with Gasteiger partial charge in [0.1, 0.15) is 6.04 Å². The fraction of sp³-hybridized carbons (Fsp3) is 0.423. The van der Waals surface area contributed by atoms with E-state index in [2.05, 4.69) is 17.4 Å². The molecule has 1 aliphatic carbocycles. The number of likely N-dealkylation sites (tertiary alicyclic amines) is 1. The van der Waals surface area contributed by atoms with Crippen molar-refractivity contribution in [3.8, 4) is 0 Å². The van der Waals surface area contributed by atoms with Crippen molar-refractivity contribution in [2.24, 2.45) is 22.7 Å². The average molecular weight is 432 g/mol. The number of rotatable bonds is 7. The Bertz CT molecular complexity index is 1030. The molecule has 0 spiro atoms. The van der Waals surface area contributed by atoms with Crippen LogP contribution in [0.3, 0.4) is 0 Å². The molecule has 4 bridgehead atoms. The minimum atomic E-state index is -0.924. The molecule has 166 valence electrons. The van der Waals surface area contributed by atoms with Crippen LogP contribution in [0.5, 0.6) is 0 Å². The van der Waals surface area contributed by atoms with Gasteiger partial charge in [0.15, 0.2) is 5.54 Å². The van der Waals surface area contributed by atoms with Gasteiger partial charge in [-0.05, 0) is 42.7 Å². The summed E-state index contributed by atoms with van der Waals surface area (Å²) in [6, 6.07) is 19.3. The number of hydrogen-bond acceptors (Lipinski definition) is 4. The monoisotopic (exact) mass is 431 g/mol. The summed E-state index contributed by atoms with van der Waals surface area (Å²) < 4.78 is 0. The van der Waals surface area contributed by atoms with E-state index in [0.717, 1.165) is 18.4 Å². The molecule has 2 aromatic carbocycles. The molecule has 6 nitrogen and oxygen atoms in total. The maximum atomic E-state index is 13.7. The van der Waals surface area contributed by atoms with Crippen LogP contribution in [-0.2, 0) is 22.6 Å². The molecule has 0 radical (unpaired) electrons. The molecular formula is C26H29N3O3. The van der Waals surface area contributed by atoms with E-state index in [1.54, 1.807) is 6.92 Å². The van der Waals surface area contributed by atoms with Gasteiger partial charge in [0.25, 0.3) is 0 Å². The van der Waals surface area contributed by atoms with E-state index < -0.39 is 17.6 Å². The van der Waals surface area contributed by atoms with Gasteiger partial charge >= 0.3 is 5.97 Å². The van der Waals surface area contributed by atoms with E-state index >= 15 is 0 Å². The van der Waals surface area contributed by atoms with Crippen LogP contribution in [0.15, 0.2) is 65.7 Å². The van der Waals surface area contributed by atoms with Crippen molar-refractivity contribution in [1.29, 1.82) is 0 Å². The Balaban J connectivity index is 1.49. The third-order valence-corrected chi connectivity index (χ3v) is 7.68. The molecule has 6 unspecified atom stereocenters. The molecule has 2 aromatic rings. The number of hydrogen-bond donors (Lipinski definition) is 2. The van der Waals surface area contributed by atoms with Crippen LogP contribution in [0.4, 0.5) is 0 Å². The Morgan fingerprint density at radius 1 is 1.12 bits per heavy atom. The number of nitrogens with one attached hydrogen (secondary N) is 1. The van der Waals surface area contributed by atoms with Gasteiger partial charge < -0.3 is 10.4 Å². The molecule has 4 aliphatic rings. The molecule has 0 aromatic heterocycles. The minimum Gasteiger partial charge on any atom is -0.480 e. The summed E-state index contributed by atoms with van der Waals surface area (Å²) in [6.07, 6.45) is 3.67. The first-order chi connectivity index (χ1) is 15.5. The summed E-state index contributed by atoms with van der Waals surface area (Å²) in [5.74, 6) is -0.482. The van der Waals surface area contributed by atoms with Gasteiger partial charge in [-0.2, -0.15) is 0 Å². The van der Waals surface area contributed by atoms with Crippen molar-refractivity contribution in [1.82, 2.24) is 10.2 Å². The van der Waals surface area contributed by atoms with Gasteiger partial charge in [-0.3, -0.25) is 19.5 Å². The maximum absolute atomic E-state index is 13.7. The molecule has 6 atom stereocenters. The molecular weight excluding hydrogens is 402 g/mol. The molecule has 1 saturated heterocycles. The number of aliphatic carboxylic acids is 1. The van der Waals surface area contributed by atoms with Crippen LogP contribution in [0, 0.1) is 17.8 Å². The highest BCUT2D eigenvalue weighted by molar-refractivity contribution is 5.92. The summed E-state index contributed by atoms with van der Waals surface area (Å²) in [5.41, 5.74) is 1.33. The van der Waals surface area contributed by atoms with E-state index in [4.69, 9.17) is 4.99 Å². The minimum absolute atomic E-state index is 0.0343. The summed E-state index contributed by atoms with van der Waals surface area (Å²) in [5, 5.41) is 12.9. The molecule has 2 N–H and O–H groups in total. The summed E-state index contributed by atoms with van der Waals surface area (Å²) in [4.78, 5) is 32.6. The summed E-state index contributed by atoms with van der Waals surface area (Å²) >= 11 is 0. The normalized spacial score (nSPS) is 31.4. The second-order valence-electron chi connectivity index (χ2n) is 9.38. The first kappa shape index (κ1) is 20.9. The fourth-order valence-electron chi connectivity index (χ4n) is 6.13. The molecule has 6 heteroatoms. The Kier molecular flexibility index (Phi) is 5.33. The quantitative estimate of drug-likeness (QED) is 0.706. The smallest absolute Gasteiger partial charge is 0.320 e. The topological polar surface area (TPSA) is 82.0 Å². The average Bonchev–Trinajstić information content (AvgIpc) is 3.10. The van der Waals surface area contributed by atoms with Crippen LogP contribution in [0.1, 0.15) is 24.5 Å². The van der Waals surface area contributed by atoms with Crippen LogP contribution in [0.25, 0.3) is 0 Å². The SMILES string of the molecule is CC(C(=O)O)N1CC2CC3C=NC2(C(=O)NCc2ccccc2)C1C3Cc1ccccc1. The van der Waals surface area contributed by atoms with Crippen molar-refractivity contribution in [3.63, 3.8) is 0 Å². The molecule has 3 heterocycles. The predicted molar refractivity (Wildman–Crippen MR) is 122 cm³/mol. The van der Waals surface area contributed by atoms with E-state index in [0.29, 0.717) is 13.1 Å². The lowest BCUT2D eigenvalue weighted by Crippen LogP contribution is -2.66. The lowest BCUT2D eigenvalue weighted by atomic mass is 9.59. The number of carbonyl (C=O) groups excluding carboxylic acids is 1. The Hall–Kier alpha value is -2.99. The van der Waals surface area contributed by atoms with Crippen molar-refractivity contribution in [2.45, 2.75) is 43.9 Å². The second kappa shape index (κ2) is 8.17. The molecule has 1 amide bonds. The van der Waals surface area contributed by atoms with Gasteiger partial charge in [-0.25, -0.2) is 0 Å². The van der Waals surface area contributed by atoms with Gasteiger partial charge in [0, 0.05) is 31.3 Å². The highest BCUT2D eigenvalue weighted by atomic mass is 16.4. The molecule has 1 saturated carbocycles. The zero-order valence-corrected chi connectivity index (χ0v) is 18.2. The first-order valence-electron chi connectivity index (χ1n) is 11.4. The van der Waals surface area contributed by atoms with E-state index in [1.165, 1.54) is 5.56 Å². The van der Waals surface area contributed by atoms with Crippen LogP contribution in [-0.4, -0.2) is 52.3 Å². The summed E-state index contributed by atoms with van der Waals surface area (Å²) in [6.45, 7) is 2.77. The highest BCUT2D eigenvalue weighted by Crippen LogP contribution is 2.55. The van der Waals surface area contributed by atoms with E-state index in [1.807, 2.05) is 59.6 Å². The van der Waals surface area contributed by atoms with Gasteiger partial charge in [0.2, 0.25) is 5.91 Å². The van der Waals surface area contributed by atoms with Crippen LogP contribution >= 0.6 is 0 Å². The number of carbonyl (C=O) groups is 2. The van der Waals surface area contributed by atoms with Crippen molar-refractivity contribution in [2.75, 3.05) is 6.54 Å². The zero-order chi connectivity index (χ0) is 22.3. The van der Waals surface area contributed by atoms with Crippen LogP contribution in [0.2, 0.25) is 0 Å². The van der Waals surface area contributed by atoms with Crippen molar-refractivity contribution in [3.05, 3.63) is 71.8 Å². The Morgan fingerprint density at radius 3 is 2.44 bits per heavy atom. The number of benzene rings is 2. The fourth-order valence-corrected chi connectivity index (χ4v) is 6.13. The third kappa shape index (κ3) is 3.34. The first-order valence-corrected chi connectivity index (χ1v) is 11.4. The van der Waals surface area contributed by atoms with Gasteiger partial charge in [-0.15, -0.1) is 0 Å². The standard InChI is InChI=1S/C26H29N3O3/c1-17(24(30)31)29-16-21-13-20-15-28-26(21,25(32)27-14-19-10-6-3-7-11-19)23(29)22(20)12-18-8-4-2-5-9-18/h2-11,15,17,20-23H,12-14,16H2,1H3,(H,27,32)(H,30,31). The third-order valence-electron chi connectivity index (χ3n) is 7.68. The lowest BCUT2D eigenvalue weighted by molar-refractivity contribution is -0.145.